The molecule has 3 rings (SSSR count). The minimum atomic E-state index is -3.31. The molecule has 11 heteroatoms. The zero-order valence-corrected chi connectivity index (χ0v) is 16.3. The Morgan fingerprint density at radius 3 is 2.48 bits per heavy atom. The highest BCUT2D eigenvalue weighted by Crippen LogP contribution is 2.20. The van der Waals surface area contributed by atoms with Crippen LogP contribution in [0.4, 0.5) is 5.69 Å². The summed E-state index contributed by atoms with van der Waals surface area (Å²) in [6.45, 7) is 1.38. The van der Waals surface area contributed by atoms with Gasteiger partial charge < -0.3 is 9.73 Å². The number of sulfone groups is 1. The average molecular weight is 419 g/mol. The maximum Gasteiger partial charge on any atom is 0.420 e. The van der Waals surface area contributed by atoms with Gasteiger partial charge in [-0.05, 0) is 30.7 Å². The summed E-state index contributed by atoms with van der Waals surface area (Å²) < 4.78 is 29.1. The first-order valence-electron chi connectivity index (χ1n) is 8.43. The van der Waals surface area contributed by atoms with Crippen molar-refractivity contribution in [3.63, 3.8) is 0 Å². The Balaban J connectivity index is 1.76. The quantitative estimate of drug-likeness (QED) is 0.474. The highest BCUT2D eigenvalue weighted by molar-refractivity contribution is 7.90. The summed E-state index contributed by atoms with van der Waals surface area (Å²) in [5, 5.41) is 13.5. The lowest BCUT2D eigenvalue weighted by molar-refractivity contribution is -0.384. The normalized spacial score (nSPS) is 12.6. The average Bonchev–Trinajstić information content (AvgIpc) is 2.95. The molecule has 1 unspecified atom stereocenters. The molecule has 0 spiro atoms. The number of fused-ring (bicyclic) bond motifs is 1. The fourth-order valence-corrected chi connectivity index (χ4v) is 3.47. The third-order valence-corrected chi connectivity index (χ3v) is 5.48. The number of benzene rings is 2. The van der Waals surface area contributed by atoms with Crippen molar-refractivity contribution >= 4 is 32.5 Å². The summed E-state index contributed by atoms with van der Waals surface area (Å²) in [7, 11) is -3.31. The van der Waals surface area contributed by atoms with Crippen LogP contribution in [0.1, 0.15) is 18.5 Å². The van der Waals surface area contributed by atoms with Crippen molar-refractivity contribution in [1.82, 2.24) is 9.88 Å². The van der Waals surface area contributed by atoms with Crippen LogP contribution in [0, 0.1) is 10.1 Å². The first kappa shape index (κ1) is 20.3. The number of nitro benzene ring substituents is 1. The third kappa shape index (κ3) is 4.35. The van der Waals surface area contributed by atoms with Gasteiger partial charge in [0.2, 0.25) is 5.91 Å². The van der Waals surface area contributed by atoms with Crippen LogP contribution >= 0.6 is 0 Å². The van der Waals surface area contributed by atoms with Gasteiger partial charge in [-0.3, -0.25) is 19.5 Å². The van der Waals surface area contributed by atoms with E-state index in [1.54, 1.807) is 19.1 Å². The SMILES string of the molecule is CC(NC(=O)Cn1c(=O)oc2cc([N+](=O)[O-])ccc21)c1ccc(S(C)(=O)=O)cc1. The summed E-state index contributed by atoms with van der Waals surface area (Å²) in [5.74, 6) is -1.28. The molecule has 1 atom stereocenters. The third-order valence-electron chi connectivity index (χ3n) is 4.35. The van der Waals surface area contributed by atoms with E-state index < -0.39 is 32.5 Å². The van der Waals surface area contributed by atoms with Crippen LogP contribution in [-0.4, -0.2) is 30.1 Å². The summed E-state index contributed by atoms with van der Waals surface area (Å²) in [6.07, 6.45) is 1.11. The van der Waals surface area contributed by atoms with E-state index in [9.17, 15) is 28.1 Å². The Hall–Kier alpha value is -3.47. The van der Waals surface area contributed by atoms with Gasteiger partial charge in [0.05, 0.1) is 27.4 Å². The van der Waals surface area contributed by atoms with Gasteiger partial charge in [-0.25, -0.2) is 13.2 Å². The molecule has 1 N–H and O–H groups in total. The molecule has 29 heavy (non-hydrogen) atoms. The van der Waals surface area contributed by atoms with Crippen molar-refractivity contribution in [1.29, 1.82) is 0 Å². The molecule has 2 aromatic carbocycles. The number of rotatable bonds is 6. The van der Waals surface area contributed by atoms with Gasteiger partial charge in [-0.15, -0.1) is 0 Å². The van der Waals surface area contributed by atoms with Crippen molar-refractivity contribution in [2.45, 2.75) is 24.4 Å². The zero-order valence-electron chi connectivity index (χ0n) is 15.5. The van der Waals surface area contributed by atoms with Crippen LogP contribution in [0.5, 0.6) is 0 Å². The van der Waals surface area contributed by atoms with E-state index in [0.29, 0.717) is 5.56 Å². The van der Waals surface area contributed by atoms with Crippen LogP contribution < -0.4 is 11.1 Å². The van der Waals surface area contributed by atoms with E-state index in [1.165, 1.54) is 24.3 Å². The van der Waals surface area contributed by atoms with E-state index >= 15 is 0 Å². The van der Waals surface area contributed by atoms with Gasteiger partial charge in [-0.2, -0.15) is 0 Å². The van der Waals surface area contributed by atoms with Crippen LogP contribution in [0.3, 0.4) is 0 Å². The fraction of sp³-hybridized carbons (Fsp3) is 0.222. The number of aromatic nitrogens is 1. The maximum atomic E-state index is 12.4. The zero-order chi connectivity index (χ0) is 21.3. The highest BCUT2D eigenvalue weighted by atomic mass is 32.2. The number of carbonyl (C=O) groups excluding carboxylic acids is 1. The molecule has 0 aliphatic heterocycles. The Morgan fingerprint density at radius 2 is 1.90 bits per heavy atom. The number of hydrogen-bond donors (Lipinski definition) is 1. The second-order valence-electron chi connectivity index (χ2n) is 6.49. The van der Waals surface area contributed by atoms with Crippen LogP contribution in [0.15, 0.2) is 56.6 Å². The summed E-state index contributed by atoms with van der Waals surface area (Å²) in [4.78, 5) is 34.8. The van der Waals surface area contributed by atoms with Crippen molar-refractivity contribution in [2.24, 2.45) is 0 Å². The number of oxazole rings is 1. The number of non-ortho nitro benzene ring substituents is 1. The maximum absolute atomic E-state index is 12.4. The molecule has 0 aliphatic rings. The molecule has 0 fully saturated rings. The molecule has 0 bridgehead atoms. The first-order chi connectivity index (χ1) is 13.6. The summed E-state index contributed by atoms with van der Waals surface area (Å²) in [6, 6.07) is 9.35. The molecule has 0 saturated heterocycles. The lowest BCUT2D eigenvalue weighted by atomic mass is 10.1. The smallest absolute Gasteiger partial charge is 0.407 e. The Kier molecular flexibility index (Phi) is 5.25. The largest absolute Gasteiger partial charge is 0.420 e. The standard InChI is InChI=1S/C18H17N3O7S/c1-11(12-3-6-14(7-4-12)29(2,26)27)19-17(22)10-20-15-8-5-13(21(24)25)9-16(15)28-18(20)23/h3-9,11H,10H2,1-2H3,(H,19,22). The Labute approximate surface area is 164 Å². The molecule has 152 valence electrons. The first-order valence-corrected chi connectivity index (χ1v) is 10.3. The van der Waals surface area contributed by atoms with Gasteiger partial charge in [0.25, 0.3) is 5.69 Å². The topological polar surface area (TPSA) is 142 Å². The van der Waals surface area contributed by atoms with E-state index in [0.717, 1.165) is 16.9 Å². The highest BCUT2D eigenvalue weighted by Gasteiger charge is 2.18. The molecule has 10 nitrogen and oxygen atoms in total. The van der Waals surface area contributed by atoms with Gasteiger partial charge in [0, 0.05) is 12.3 Å². The van der Waals surface area contributed by atoms with Crippen LogP contribution in [-0.2, 0) is 21.2 Å². The minimum absolute atomic E-state index is 0.0152. The van der Waals surface area contributed by atoms with Gasteiger partial charge in [-0.1, -0.05) is 12.1 Å². The van der Waals surface area contributed by atoms with E-state index in [1.807, 2.05) is 0 Å². The predicted molar refractivity (Wildman–Crippen MR) is 103 cm³/mol. The number of amides is 1. The van der Waals surface area contributed by atoms with Crippen LogP contribution in [0.2, 0.25) is 0 Å². The number of hydrogen-bond acceptors (Lipinski definition) is 7. The van der Waals surface area contributed by atoms with Crippen molar-refractivity contribution in [3.8, 4) is 0 Å². The summed E-state index contributed by atoms with van der Waals surface area (Å²) >= 11 is 0. The molecule has 1 aromatic heterocycles. The number of nitrogens with zero attached hydrogens (tertiary/aromatic N) is 2. The lowest BCUT2D eigenvalue weighted by Gasteiger charge is -2.15. The Morgan fingerprint density at radius 1 is 1.24 bits per heavy atom. The fourth-order valence-electron chi connectivity index (χ4n) is 2.84. The van der Waals surface area contributed by atoms with Crippen molar-refractivity contribution < 1.29 is 22.6 Å². The van der Waals surface area contributed by atoms with Crippen molar-refractivity contribution in [2.75, 3.05) is 6.26 Å². The van der Waals surface area contributed by atoms with E-state index in [2.05, 4.69) is 5.32 Å². The monoisotopic (exact) mass is 419 g/mol. The van der Waals surface area contributed by atoms with E-state index in [4.69, 9.17) is 4.42 Å². The van der Waals surface area contributed by atoms with E-state index in [-0.39, 0.29) is 28.2 Å². The lowest BCUT2D eigenvalue weighted by Crippen LogP contribution is -2.32. The molecule has 1 amide bonds. The summed E-state index contributed by atoms with van der Waals surface area (Å²) in [5.41, 5.74) is 0.738. The van der Waals surface area contributed by atoms with Crippen LogP contribution in [0.25, 0.3) is 11.1 Å². The molecular formula is C18H17N3O7S. The molecule has 0 saturated carbocycles. The Bertz CT molecular complexity index is 1260. The number of nitro groups is 1. The van der Waals surface area contributed by atoms with Gasteiger partial charge in [0.15, 0.2) is 15.4 Å². The molecule has 0 radical (unpaired) electrons. The second-order valence-corrected chi connectivity index (χ2v) is 8.51. The predicted octanol–water partition coefficient (Wildman–Crippen LogP) is 1.78. The molecular weight excluding hydrogens is 402 g/mol. The number of carbonyl (C=O) groups is 1. The molecule has 0 aliphatic carbocycles. The van der Waals surface area contributed by atoms with Crippen molar-refractivity contribution in [3.05, 3.63) is 68.7 Å². The van der Waals surface area contributed by atoms with Gasteiger partial charge >= 0.3 is 5.76 Å². The molecule has 3 aromatic rings. The minimum Gasteiger partial charge on any atom is -0.407 e. The molecule has 1 heterocycles. The second kappa shape index (κ2) is 7.51. The number of nitrogens with one attached hydrogen (secondary N) is 1. The van der Waals surface area contributed by atoms with Gasteiger partial charge in [0.1, 0.15) is 6.54 Å².